The lowest BCUT2D eigenvalue weighted by Gasteiger charge is -2.13. The minimum absolute atomic E-state index is 0.178. The predicted molar refractivity (Wildman–Crippen MR) is 120 cm³/mol. The monoisotopic (exact) mass is 447 g/mol. The van der Waals surface area contributed by atoms with Gasteiger partial charge in [-0.3, -0.25) is 9.59 Å². The second kappa shape index (κ2) is 10.8. The number of halogens is 2. The van der Waals surface area contributed by atoms with Crippen molar-refractivity contribution in [2.75, 3.05) is 0 Å². The van der Waals surface area contributed by atoms with Crippen molar-refractivity contribution in [2.24, 2.45) is 7.05 Å². The number of benzene rings is 1. The van der Waals surface area contributed by atoms with Crippen LogP contribution in [0.25, 0.3) is 0 Å². The van der Waals surface area contributed by atoms with Gasteiger partial charge in [-0.1, -0.05) is 54.1 Å². The minimum atomic E-state index is -0.311. The third-order valence-corrected chi connectivity index (χ3v) is 4.87. The molecule has 30 heavy (non-hydrogen) atoms. The summed E-state index contributed by atoms with van der Waals surface area (Å²) in [6.07, 6.45) is 7.94. The summed E-state index contributed by atoms with van der Waals surface area (Å²) in [4.78, 5) is 23.8. The van der Waals surface area contributed by atoms with Gasteiger partial charge in [-0.25, -0.2) is 4.68 Å². The summed E-state index contributed by atoms with van der Waals surface area (Å²) in [7, 11) is 1.69. The van der Waals surface area contributed by atoms with Gasteiger partial charge in [0.25, 0.3) is 5.91 Å². The van der Waals surface area contributed by atoms with Crippen LogP contribution in [0.3, 0.4) is 0 Å². The fourth-order valence-corrected chi connectivity index (χ4v) is 2.99. The highest BCUT2D eigenvalue weighted by Gasteiger charge is 2.23. The van der Waals surface area contributed by atoms with Crippen LogP contribution in [0.2, 0.25) is 10.0 Å². The Labute approximate surface area is 185 Å². The summed E-state index contributed by atoms with van der Waals surface area (Å²) in [5.41, 5.74) is 1.37. The van der Waals surface area contributed by atoms with E-state index in [2.05, 4.69) is 17.0 Å². The highest BCUT2D eigenvalue weighted by molar-refractivity contribution is 6.42. The Kier molecular flexibility index (Phi) is 8.45. The van der Waals surface area contributed by atoms with Crippen LogP contribution in [0.5, 0.6) is 11.6 Å². The Bertz CT molecular complexity index is 1010. The third-order valence-electron chi connectivity index (χ3n) is 4.13. The van der Waals surface area contributed by atoms with Crippen molar-refractivity contribution in [3.63, 3.8) is 0 Å². The molecule has 158 valence electrons. The number of amides is 1. The number of nitrogens with zero attached hydrogens (tertiary/aromatic N) is 2. The molecule has 2 rings (SSSR count). The quantitative estimate of drug-likeness (QED) is 0.325. The number of nitrogens with one attached hydrogen (secondary N) is 1. The third kappa shape index (κ3) is 6.08. The smallest absolute Gasteiger partial charge is 0.258 e. The second-order valence-corrected chi connectivity index (χ2v) is 7.41. The Morgan fingerprint density at radius 3 is 2.73 bits per heavy atom. The maximum atomic E-state index is 12.9. The molecule has 1 aromatic heterocycles. The second-order valence-electron chi connectivity index (χ2n) is 6.60. The molecule has 2 aromatic rings. The van der Waals surface area contributed by atoms with E-state index in [0.717, 1.165) is 6.29 Å². The molecule has 0 spiro atoms. The van der Waals surface area contributed by atoms with Crippen molar-refractivity contribution in [3.05, 3.63) is 76.0 Å². The van der Waals surface area contributed by atoms with E-state index in [1.807, 2.05) is 13.0 Å². The van der Waals surface area contributed by atoms with Crippen molar-refractivity contribution in [1.29, 1.82) is 0 Å². The molecule has 0 bridgehead atoms. The van der Waals surface area contributed by atoms with E-state index in [9.17, 15) is 9.59 Å². The number of ether oxygens (including phenoxy) is 1. The fraction of sp³-hybridized carbons (Fsp3) is 0.227. The molecule has 1 aromatic carbocycles. The lowest BCUT2D eigenvalue weighted by atomic mass is 10.1. The van der Waals surface area contributed by atoms with Crippen molar-refractivity contribution >= 4 is 35.4 Å². The molecule has 0 fully saturated rings. The average molecular weight is 448 g/mol. The first kappa shape index (κ1) is 23.4. The van der Waals surface area contributed by atoms with Gasteiger partial charge >= 0.3 is 0 Å². The Balaban J connectivity index is 2.14. The molecule has 0 aliphatic heterocycles. The first-order valence-electron chi connectivity index (χ1n) is 9.18. The van der Waals surface area contributed by atoms with Gasteiger partial charge in [0.2, 0.25) is 5.88 Å². The lowest BCUT2D eigenvalue weighted by molar-refractivity contribution is -0.104. The Hall–Kier alpha value is -2.83. The van der Waals surface area contributed by atoms with Crippen LogP contribution in [0.15, 0.2) is 54.7 Å². The van der Waals surface area contributed by atoms with E-state index >= 15 is 0 Å². The van der Waals surface area contributed by atoms with E-state index in [-0.39, 0.29) is 11.9 Å². The van der Waals surface area contributed by atoms with E-state index in [4.69, 9.17) is 27.9 Å². The van der Waals surface area contributed by atoms with Crippen LogP contribution in [0.1, 0.15) is 29.4 Å². The standard InChI is InChI=1S/C22H23Cl2N3O3/c1-5-7-16(13-28)9-6-8-14(2)25-21(29)20-15(3)26-27(4)22(20)30-17-10-11-18(23)19(24)12-17/h5-7,9-14H,1,8H2,2-4H3,(H,25,29)/b9-6-,16-7+. The molecule has 1 N–H and O–H groups in total. The molecule has 0 aliphatic carbocycles. The number of carbonyl (C=O) groups excluding carboxylic acids is 2. The van der Waals surface area contributed by atoms with Gasteiger partial charge in [0.1, 0.15) is 17.6 Å². The van der Waals surface area contributed by atoms with Crippen LogP contribution < -0.4 is 10.1 Å². The highest BCUT2D eigenvalue weighted by atomic mass is 35.5. The molecule has 8 heteroatoms. The predicted octanol–water partition coefficient (Wildman–Crippen LogP) is 5.20. The van der Waals surface area contributed by atoms with Crippen LogP contribution in [0.4, 0.5) is 0 Å². The van der Waals surface area contributed by atoms with Gasteiger partial charge in [-0.05, 0) is 32.4 Å². The van der Waals surface area contributed by atoms with Crippen molar-refractivity contribution in [3.8, 4) is 11.6 Å². The summed E-state index contributed by atoms with van der Waals surface area (Å²) >= 11 is 12.0. The highest BCUT2D eigenvalue weighted by Crippen LogP contribution is 2.31. The summed E-state index contributed by atoms with van der Waals surface area (Å²) < 4.78 is 7.37. The average Bonchev–Trinajstić information content (AvgIpc) is 2.97. The van der Waals surface area contributed by atoms with Crippen LogP contribution in [0, 0.1) is 6.92 Å². The molecule has 0 saturated carbocycles. The van der Waals surface area contributed by atoms with E-state index < -0.39 is 0 Å². The number of hydrogen-bond acceptors (Lipinski definition) is 4. The topological polar surface area (TPSA) is 73.2 Å². The van der Waals surface area contributed by atoms with Crippen molar-refractivity contribution in [1.82, 2.24) is 15.1 Å². The number of allylic oxidation sites excluding steroid dienone is 4. The molecule has 1 amide bonds. The first-order chi connectivity index (χ1) is 14.3. The van der Waals surface area contributed by atoms with Crippen LogP contribution in [-0.2, 0) is 11.8 Å². The molecular weight excluding hydrogens is 425 g/mol. The van der Waals surface area contributed by atoms with Crippen LogP contribution in [-0.4, -0.2) is 28.0 Å². The largest absolute Gasteiger partial charge is 0.438 e. The van der Waals surface area contributed by atoms with Gasteiger partial charge < -0.3 is 10.1 Å². The zero-order chi connectivity index (χ0) is 22.3. The Morgan fingerprint density at radius 2 is 2.10 bits per heavy atom. The maximum Gasteiger partial charge on any atom is 0.258 e. The van der Waals surface area contributed by atoms with Gasteiger partial charge in [-0.2, -0.15) is 5.10 Å². The van der Waals surface area contributed by atoms with Gasteiger partial charge in [0.05, 0.1) is 15.7 Å². The molecule has 0 radical (unpaired) electrons. The molecule has 0 saturated heterocycles. The summed E-state index contributed by atoms with van der Waals surface area (Å²) in [6, 6.07) is 4.67. The number of aryl methyl sites for hydroxylation is 2. The molecule has 0 aliphatic rings. The number of aldehydes is 1. The minimum Gasteiger partial charge on any atom is -0.438 e. The molecule has 1 atom stereocenters. The van der Waals surface area contributed by atoms with Gasteiger partial charge in [0.15, 0.2) is 0 Å². The zero-order valence-corrected chi connectivity index (χ0v) is 18.5. The molecular formula is C22H23Cl2N3O3. The van der Waals surface area contributed by atoms with Crippen molar-refractivity contribution in [2.45, 2.75) is 26.3 Å². The summed E-state index contributed by atoms with van der Waals surface area (Å²) in [6.45, 7) is 7.16. The number of carbonyl (C=O) groups is 2. The fourth-order valence-electron chi connectivity index (χ4n) is 2.70. The molecule has 1 heterocycles. The number of rotatable bonds is 9. The van der Waals surface area contributed by atoms with Crippen LogP contribution >= 0.6 is 23.2 Å². The maximum absolute atomic E-state index is 12.9. The lowest BCUT2D eigenvalue weighted by Crippen LogP contribution is -2.32. The van der Waals surface area contributed by atoms with E-state index in [0.29, 0.717) is 44.9 Å². The van der Waals surface area contributed by atoms with Gasteiger partial charge in [0, 0.05) is 24.7 Å². The molecule has 1 unspecified atom stereocenters. The normalized spacial score (nSPS) is 12.6. The summed E-state index contributed by atoms with van der Waals surface area (Å²) in [5.74, 6) is 0.421. The van der Waals surface area contributed by atoms with Crippen molar-refractivity contribution < 1.29 is 14.3 Å². The summed E-state index contributed by atoms with van der Waals surface area (Å²) in [5, 5.41) is 7.97. The van der Waals surface area contributed by atoms with Gasteiger partial charge in [-0.15, -0.1) is 0 Å². The molecule has 6 nitrogen and oxygen atoms in total. The zero-order valence-electron chi connectivity index (χ0n) is 17.0. The SMILES string of the molecule is C=C/C=C(C=O)\C=C/CC(C)NC(=O)c1c(C)nn(C)c1Oc1ccc(Cl)c(Cl)c1. The van der Waals surface area contributed by atoms with E-state index in [1.165, 1.54) is 4.68 Å². The number of hydrogen-bond donors (Lipinski definition) is 1. The van der Waals surface area contributed by atoms with E-state index in [1.54, 1.807) is 50.4 Å². The first-order valence-corrected chi connectivity index (χ1v) is 9.94. The number of aromatic nitrogens is 2. The Morgan fingerprint density at radius 1 is 1.37 bits per heavy atom.